The summed E-state index contributed by atoms with van der Waals surface area (Å²) in [6.45, 7) is 32.0. The molecule has 8 heterocycles. The van der Waals surface area contributed by atoms with E-state index in [0.717, 1.165) is 40.2 Å². The third-order valence-corrected chi connectivity index (χ3v) is 11.3. The molecule has 1 aliphatic heterocycles. The molecule has 74 heavy (non-hydrogen) atoms. The molecule has 0 radical (unpaired) electrons. The largest absolute Gasteiger partial charge is 1.00 e. The van der Waals surface area contributed by atoms with Gasteiger partial charge in [-0.3, -0.25) is 9.47 Å². The summed E-state index contributed by atoms with van der Waals surface area (Å²) < 4.78 is 18.7. The summed E-state index contributed by atoms with van der Waals surface area (Å²) >= 11 is 3.28. The predicted octanol–water partition coefficient (Wildman–Crippen LogP) is 9.46. The fourth-order valence-corrected chi connectivity index (χ4v) is 7.38. The number of fused-ring (bicyclic) bond motifs is 2. The molecule has 1 amide bonds. The molecule has 0 atom stereocenters. The zero-order valence-corrected chi connectivity index (χ0v) is 48.5. The van der Waals surface area contributed by atoms with E-state index in [1.54, 1.807) is 63.2 Å². The number of carbonyl (C=O) groups is 2. The first-order valence-electron chi connectivity index (χ1n) is 24.1. The van der Waals surface area contributed by atoms with Crippen LogP contribution in [0, 0.1) is 20.8 Å². The zero-order valence-electron chi connectivity index (χ0n) is 46.9. The van der Waals surface area contributed by atoms with Gasteiger partial charge in [-0.2, -0.15) is 0 Å². The van der Waals surface area contributed by atoms with Crippen molar-refractivity contribution < 1.29 is 52.9 Å². The van der Waals surface area contributed by atoms with Gasteiger partial charge in [0, 0.05) is 77.1 Å². The van der Waals surface area contributed by atoms with E-state index in [4.69, 9.17) is 14.2 Å². The number of nitrogens with zero attached hydrogens (tertiary/aromatic N) is 8. The second kappa shape index (κ2) is 28.6. The first kappa shape index (κ1) is 64.1. The Balaban J connectivity index is 0.000000313. The molecule has 1 saturated heterocycles. The molecule has 0 saturated carbocycles. The molecule has 7 aromatic heterocycles. The Bertz CT molecular complexity index is 2830. The molecule has 396 valence electrons. The third-order valence-electron chi connectivity index (χ3n) is 10.5. The van der Waals surface area contributed by atoms with E-state index in [1.807, 2.05) is 119 Å². The van der Waals surface area contributed by atoms with Crippen molar-refractivity contribution in [3.05, 3.63) is 125 Å². The van der Waals surface area contributed by atoms with Gasteiger partial charge in [-0.05, 0) is 204 Å². The quantitative estimate of drug-likeness (QED) is 0.0966. The number of aromatic hydroxyl groups is 1. The second-order valence-corrected chi connectivity index (χ2v) is 21.8. The van der Waals surface area contributed by atoms with Crippen LogP contribution in [-0.4, -0.2) is 89.7 Å². The molecular formula is C56H77BrLiN9O7. The van der Waals surface area contributed by atoms with Gasteiger partial charge in [-0.15, -0.1) is 0 Å². The van der Waals surface area contributed by atoms with Crippen molar-refractivity contribution in [1.82, 2.24) is 34.1 Å². The Labute approximate surface area is 459 Å². The van der Waals surface area contributed by atoms with Crippen LogP contribution in [0.15, 0.2) is 102 Å². The van der Waals surface area contributed by atoms with E-state index in [-0.39, 0.29) is 58.3 Å². The Kier molecular flexibility index (Phi) is 24.8. The molecule has 8 rings (SSSR count). The van der Waals surface area contributed by atoms with Gasteiger partial charge >= 0.3 is 30.9 Å². The molecule has 0 unspecified atom stereocenters. The number of nitrogens with one attached hydrogen (secondary N) is 1. The van der Waals surface area contributed by atoms with Crippen LogP contribution >= 0.6 is 15.9 Å². The van der Waals surface area contributed by atoms with Gasteiger partial charge in [0.2, 0.25) is 5.88 Å². The van der Waals surface area contributed by atoms with E-state index in [0.29, 0.717) is 16.9 Å². The number of anilines is 2. The summed E-state index contributed by atoms with van der Waals surface area (Å²) in [6.07, 6.45) is 10.7. The van der Waals surface area contributed by atoms with Crippen molar-refractivity contribution >= 4 is 61.7 Å². The average Bonchev–Trinajstić information content (AvgIpc) is 4.07. The minimum atomic E-state index is -0.562. The topological polar surface area (TPSA) is 195 Å². The number of pyridine rings is 5. The molecule has 2 N–H and O–H groups in total. The van der Waals surface area contributed by atoms with E-state index in [1.165, 1.54) is 38.2 Å². The minimum Gasteiger partial charge on any atom is -0.860 e. The number of methoxy groups -OCH3 is 2. The van der Waals surface area contributed by atoms with Crippen molar-refractivity contribution in [3.63, 3.8) is 0 Å². The number of hydrogen-bond donors (Lipinski definition) is 2. The molecule has 0 aromatic carbocycles. The van der Waals surface area contributed by atoms with Crippen molar-refractivity contribution in [3.8, 4) is 11.8 Å². The first-order chi connectivity index (χ1) is 34.0. The first-order valence-corrected chi connectivity index (χ1v) is 24.9. The maximum Gasteiger partial charge on any atom is 1.00 e. The monoisotopic (exact) mass is 1070 g/mol. The van der Waals surface area contributed by atoms with Gasteiger partial charge in [0.25, 0.3) is 0 Å². The molecule has 16 nitrogen and oxygen atoms in total. The van der Waals surface area contributed by atoms with Crippen LogP contribution in [0.5, 0.6) is 11.8 Å². The van der Waals surface area contributed by atoms with Crippen LogP contribution in [0.25, 0.3) is 22.1 Å². The van der Waals surface area contributed by atoms with Crippen LogP contribution in [-0.2, 0) is 25.3 Å². The number of aryl methyl sites for hydroxylation is 3. The van der Waals surface area contributed by atoms with Crippen LogP contribution < -0.4 is 34.2 Å². The van der Waals surface area contributed by atoms with Gasteiger partial charge in [0.05, 0.1) is 14.2 Å². The molecule has 0 spiro atoms. The summed E-state index contributed by atoms with van der Waals surface area (Å²) in [4.78, 5) is 46.1. The van der Waals surface area contributed by atoms with Gasteiger partial charge in [0.15, 0.2) is 0 Å². The number of aromatic nitrogens is 7. The molecule has 18 heteroatoms. The van der Waals surface area contributed by atoms with Crippen LogP contribution in [0.4, 0.5) is 16.4 Å². The predicted molar refractivity (Wildman–Crippen MR) is 295 cm³/mol. The van der Waals surface area contributed by atoms with Crippen molar-refractivity contribution in [2.45, 2.75) is 139 Å². The normalized spacial score (nSPS) is 12.0. The Morgan fingerprint density at radius 1 is 0.689 bits per heavy atom. The number of rotatable bonds is 3. The van der Waals surface area contributed by atoms with Gasteiger partial charge in [0.1, 0.15) is 33.1 Å². The van der Waals surface area contributed by atoms with Gasteiger partial charge in [-0.1, -0.05) is 18.2 Å². The summed E-state index contributed by atoms with van der Waals surface area (Å²) in [5, 5.41) is 26.8. The van der Waals surface area contributed by atoms with E-state index in [9.17, 15) is 19.8 Å². The van der Waals surface area contributed by atoms with Gasteiger partial charge < -0.3 is 34.3 Å². The summed E-state index contributed by atoms with van der Waals surface area (Å²) in [5.41, 5.74) is 3.92. The fraction of sp³-hybridized carbons (Fsp3) is 0.446. The van der Waals surface area contributed by atoms with Crippen molar-refractivity contribution in [2.24, 2.45) is 0 Å². The van der Waals surface area contributed by atoms with Crippen LogP contribution in [0.1, 0.15) is 123 Å². The molecular weight excluding hydrogens is 998 g/mol. The average molecular weight is 1080 g/mol. The van der Waals surface area contributed by atoms with Crippen molar-refractivity contribution in [2.75, 3.05) is 37.7 Å². The number of ether oxygens (including phenoxy) is 3. The zero-order chi connectivity index (χ0) is 54.9. The number of esters is 1. The SMILES string of the molecule is C1CCOC1.CC(C)(C)n1c([O-])cc2cccnc21.COC(=O)N(c1ncccc1C)C(C)(C)C.COC(=O)c1c(O)n(C(C)(C)C)c2ncccc12.Cc1cccnc1Br.Cc1cccnc1NC(C)(C)C.[Li+]. The van der Waals surface area contributed by atoms with E-state index < -0.39 is 12.1 Å². The number of halogens is 1. The fourth-order valence-electron chi connectivity index (χ4n) is 7.13. The minimum absolute atomic E-state index is 0. The summed E-state index contributed by atoms with van der Waals surface area (Å²) in [7, 11) is 2.66. The number of amides is 1. The van der Waals surface area contributed by atoms with E-state index >= 15 is 0 Å². The molecule has 0 aliphatic carbocycles. The molecule has 1 fully saturated rings. The standard InChI is InChI=1S/C13H16N2O3.C12H18N2O2.C11H14N2O.C10H16N2.C6H6BrN.C4H8O.Li/c1-13(2,3)15-10-8(6-5-7-14-10)9(11(15)16)12(17)18-4;1-9-7-6-8-13-10(9)14(11(15)16-5)12(2,3)4;1-11(2,3)13-9(14)7-8-5-4-6-12-10(8)13;1-8-6-5-7-11-9(8)12-10(2,3)4;1-5-3-2-4-8-6(5)7;1-2-4-5-3-1;/h5-7,16H,1-4H3;6-8H,1-5H3;4-7,14H,1-3H3;5-7H,1-4H3,(H,11,12);2-4H,1H3;1-4H2;/q;;;;;;+1/p-1. The maximum absolute atomic E-state index is 11.8. The maximum atomic E-state index is 11.8. The number of carbonyl (C=O) groups excluding carboxylic acids is 2. The number of hydrogen-bond acceptors (Lipinski definition) is 13. The Morgan fingerprint density at radius 3 is 1.64 bits per heavy atom. The Morgan fingerprint density at radius 2 is 1.19 bits per heavy atom. The van der Waals surface area contributed by atoms with Gasteiger partial charge in [-0.25, -0.2) is 34.5 Å². The summed E-state index contributed by atoms with van der Waals surface area (Å²) in [5.74, 6) is 0.967. The molecule has 7 aromatic rings. The van der Waals surface area contributed by atoms with Crippen LogP contribution in [0.3, 0.4) is 0 Å². The third kappa shape index (κ3) is 19.0. The van der Waals surface area contributed by atoms with Crippen molar-refractivity contribution in [1.29, 1.82) is 0 Å². The Hall–Kier alpha value is -5.99. The molecule has 0 bridgehead atoms. The van der Waals surface area contributed by atoms with E-state index in [2.05, 4.69) is 79.9 Å². The van der Waals surface area contributed by atoms with Crippen LogP contribution in [0.2, 0.25) is 0 Å². The molecule has 1 aliphatic rings. The second-order valence-electron chi connectivity index (χ2n) is 21.1. The summed E-state index contributed by atoms with van der Waals surface area (Å²) in [6, 6.07) is 20.6. The smallest absolute Gasteiger partial charge is 0.860 e.